The number of nitrogens with one attached hydrogen (secondary N) is 1. The molecule has 1 atom stereocenters. The van der Waals surface area contributed by atoms with E-state index in [-0.39, 0.29) is 0 Å². The molecule has 0 spiro atoms. The Bertz CT molecular complexity index is 1050. The van der Waals surface area contributed by atoms with E-state index in [1.165, 1.54) is 0 Å². The van der Waals surface area contributed by atoms with E-state index in [1.54, 1.807) is 18.9 Å². The van der Waals surface area contributed by atoms with Crippen LogP contribution in [0.1, 0.15) is 38.5 Å². The highest BCUT2D eigenvalue weighted by Crippen LogP contribution is 2.40. The Hall–Kier alpha value is -3.00. The largest absolute Gasteiger partial charge is 0.493 e. The van der Waals surface area contributed by atoms with Gasteiger partial charge in [0.25, 0.3) is 0 Å². The molecule has 2 aromatic carbocycles. The molecular formula is C23H26N4O3S. The first-order chi connectivity index (χ1) is 15.2. The first-order valence-electron chi connectivity index (χ1n) is 10.4. The zero-order valence-corrected chi connectivity index (χ0v) is 18.7. The third-order valence-electron chi connectivity index (χ3n) is 4.85. The third-order valence-corrected chi connectivity index (χ3v) is 5.78. The summed E-state index contributed by atoms with van der Waals surface area (Å²) in [5.41, 5.74) is 3.33. The van der Waals surface area contributed by atoms with E-state index in [0.29, 0.717) is 34.8 Å². The molecule has 1 aliphatic heterocycles. The summed E-state index contributed by atoms with van der Waals surface area (Å²) in [6.45, 7) is 4.67. The van der Waals surface area contributed by atoms with Crippen molar-refractivity contribution in [1.82, 2.24) is 15.2 Å². The topological polar surface area (TPSA) is 78.4 Å². The number of para-hydroxylation sites is 1. The van der Waals surface area contributed by atoms with Crippen molar-refractivity contribution in [1.29, 1.82) is 0 Å². The molecular weight excluding hydrogens is 412 g/mol. The Morgan fingerprint density at radius 1 is 1.10 bits per heavy atom. The number of ether oxygens (including phenoxy) is 3. The van der Waals surface area contributed by atoms with Gasteiger partial charge in [-0.05, 0) is 37.6 Å². The van der Waals surface area contributed by atoms with Gasteiger partial charge < -0.3 is 19.5 Å². The summed E-state index contributed by atoms with van der Waals surface area (Å²) in [7, 11) is 1.63. The molecule has 7 nitrogen and oxygen atoms in total. The SMILES string of the molecule is CCCCSc1nnc2c(n1)OC(c1ccc(OCC)c(OC)c1)Nc1ccccc1-2. The van der Waals surface area contributed by atoms with Crippen molar-refractivity contribution in [3.8, 4) is 28.6 Å². The number of methoxy groups -OCH3 is 1. The lowest BCUT2D eigenvalue weighted by molar-refractivity contribution is 0.224. The predicted molar refractivity (Wildman–Crippen MR) is 122 cm³/mol. The first kappa shape index (κ1) is 21.2. The minimum Gasteiger partial charge on any atom is -0.493 e. The molecule has 0 saturated carbocycles. The highest BCUT2D eigenvalue weighted by molar-refractivity contribution is 7.99. The van der Waals surface area contributed by atoms with E-state index in [2.05, 4.69) is 27.4 Å². The van der Waals surface area contributed by atoms with E-state index in [0.717, 1.165) is 35.4 Å². The van der Waals surface area contributed by atoms with Crippen molar-refractivity contribution in [2.75, 3.05) is 24.8 Å². The number of benzene rings is 2. The third kappa shape index (κ3) is 4.69. The fourth-order valence-corrected chi connectivity index (χ4v) is 4.15. The molecule has 2 heterocycles. The lowest BCUT2D eigenvalue weighted by atomic mass is 10.1. The van der Waals surface area contributed by atoms with Gasteiger partial charge in [0.2, 0.25) is 11.0 Å². The Kier molecular flexibility index (Phi) is 6.76. The van der Waals surface area contributed by atoms with Crippen molar-refractivity contribution < 1.29 is 14.2 Å². The number of unbranched alkanes of at least 4 members (excludes halogenated alkanes) is 1. The molecule has 4 rings (SSSR count). The van der Waals surface area contributed by atoms with E-state index < -0.39 is 6.23 Å². The zero-order chi connectivity index (χ0) is 21.6. The molecule has 0 fully saturated rings. The van der Waals surface area contributed by atoms with Crippen LogP contribution in [0.15, 0.2) is 47.6 Å². The van der Waals surface area contributed by atoms with Crippen LogP contribution in [0.25, 0.3) is 11.3 Å². The molecule has 1 unspecified atom stereocenters. The highest BCUT2D eigenvalue weighted by atomic mass is 32.2. The van der Waals surface area contributed by atoms with Gasteiger partial charge in [0, 0.05) is 22.6 Å². The molecule has 0 amide bonds. The van der Waals surface area contributed by atoms with Gasteiger partial charge in [0.05, 0.1) is 13.7 Å². The zero-order valence-electron chi connectivity index (χ0n) is 17.9. The summed E-state index contributed by atoms with van der Waals surface area (Å²) in [5, 5.41) is 12.9. The van der Waals surface area contributed by atoms with Crippen LogP contribution in [0.2, 0.25) is 0 Å². The Balaban J connectivity index is 1.72. The van der Waals surface area contributed by atoms with Crippen LogP contribution in [0.4, 0.5) is 5.69 Å². The van der Waals surface area contributed by atoms with Crippen LogP contribution in [-0.4, -0.2) is 34.7 Å². The van der Waals surface area contributed by atoms with Gasteiger partial charge in [-0.2, -0.15) is 4.98 Å². The van der Waals surface area contributed by atoms with E-state index in [1.807, 2.05) is 49.4 Å². The molecule has 1 N–H and O–H groups in total. The Labute approximate surface area is 186 Å². The van der Waals surface area contributed by atoms with Crippen LogP contribution in [0, 0.1) is 0 Å². The second kappa shape index (κ2) is 9.87. The minimum atomic E-state index is -0.475. The van der Waals surface area contributed by atoms with Crippen molar-refractivity contribution in [3.05, 3.63) is 48.0 Å². The van der Waals surface area contributed by atoms with E-state index in [4.69, 9.17) is 14.2 Å². The van der Waals surface area contributed by atoms with Crippen molar-refractivity contribution in [2.45, 2.75) is 38.1 Å². The monoisotopic (exact) mass is 438 g/mol. The summed E-state index contributed by atoms with van der Waals surface area (Å²) in [6, 6.07) is 13.7. The maximum atomic E-state index is 6.34. The van der Waals surface area contributed by atoms with Gasteiger partial charge in [-0.25, -0.2) is 0 Å². The van der Waals surface area contributed by atoms with Crippen LogP contribution < -0.4 is 19.5 Å². The number of thioether (sulfide) groups is 1. The van der Waals surface area contributed by atoms with Crippen LogP contribution in [0.5, 0.6) is 17.4 Å². The fraction of sp³-hybridized carbons (Fsp3) is 0.348. The number of rotatable bonds is 8. The summed E-state index contributed by atoms with van der Waals surface area (Å²) in [5.74, 6) is 2.76. The summed E-state index contributed by atoms with van der Waals surface area (Å²) in [6.07, 6.45) is 1.75. The van der Waals surface area contributed by atoms with E-state index >= 15 is 0 Å². The molecule has 3 aromatic rings. The van der Waals surface area contributed by atoms with Gasteiger partial charge >= 0.3 is 0 Å². The average Bonchev–Trinajstić information content (AvgIpc) is 2.96. The quantitative estimate of drug-likeness (QED) is 0.373. The van der Waals surface area contributed by atoms with Crippen molar-refractivity contribution in [3.63, 3.8) is 0 Å². The van der Waals surface area contributed by atoms with Gasteiger partial charge in [-0.1, -0.05) is 43.3 Å². The molecule has 0 aliphatic carbocycles. The Morgan fingerprint density at radius 2 is 1.97 bits per heavy atom. The molecule has 162 valence electrons. The highest BCUT2D eigenvalue weighted by Gasteiger charge is 2.26. The van der Waals surface area contributed by atoms with Gasteiger partial charge in [0.15, 0.2) is 23.4 Å². The number of fused-ring (bicyclic) bond motifs is 3. The van der Waals surface area contributed by atoms with Crippen LogP contribution >= 0.6 is 11.8 Å². The van der Waals surface area contributed by atoms with Crippen LogP contribution in [-0.2, 0) is 0 Å². The molecule has 0 saturated heterocycles. The fourth-order valence-electron chi connectivity index (χ4n) is 3.29. The summed E-state index contributed by atoms with van der Waals surface area (Å²) in [4.78, 5) is 4.68. The molecule has 8 heteroatoms. The smallest absolute Gasteiger partial charge is 0.247 e. The minimum absolute atomic E-state index is 0.462. The van der Waals surface area contributed by atoms with E-state index in [9.17, 15) is 0 Å². The second-order valence-electron chi connectivity index (χ2n) is 6.98. The standard InChI is InChI=1S/C23H26N4O3S/c1-4-6-13-31-23-25-22-20(26-27-23)16-9-7-8-10-17(16)24-21(30-22)15-11-12-18(29-5-2)19(14-15)28-3/h7-12,14,21,24H,4-6,13H2,1-3H3. The molecule has 1 aliphatic rings. The lowest BCUT2D eigenvalue weighted by Gasteiger charge is -2.20. The number of anilines is 1. The molecule has 0 bridgehead atoms. The Morgan fingerprint density at radius 3 is 2.77 bits per heavy atom. The number of hydrogen-bond donors (Lipinski definition) is 1. The molecule has 31 heavy (non-hydrogen) atoms. The van der Waals surface area contributed by atoms with Crippen LogP contribution in [0.3, 0.4) is 0 Å². The lowest BCUT2D eigenvalue weighted by Crippen LogP contribution is -2.17. The summed E-state index contributed by atoms with van der Waals surface area (Å²) >= 11 is 1.59. The maximum Gasteiger partial charge on any atom is 0.247 e. The van der Waals surface area contributed by atoms with Gasteiger partial charge in [0.1, 0.15) is 0 Å². The number of hydrogen-bond acceptors (Lipinski definition) is 8. The summed E-state index contributed by atoms with van der Waals surface area (Å²) < 4.78 is 17.5. The molecule has 0 radical (unpaired) electrons. The number of aromatic nitrogens is 3. The molecule has 1 aromatic heterocycles. The van der Waals surface area contributed by atoms with Crippen molar-refractivity contribution >= 4 is 17.4 Å². The van der Waals surface area contributed by atoms with Gasteiger partial charge in [-0.15, -0.1) is 10.2 Å². The predicted octanol–water partition coefficient (Wildman–Crippen LogP) is 5.34. The second-order valence-corrected chi connectivity index (χ2v) is 8.04. The normalized spacial score (nSPS) is 14.5. The van der Waals surface area contributed by atoms with Gasteiger partial charge in [-0.3, -0.25) is 0 Å². The first-order valence-corrected chi connectivity index (χ1v) is 11.4. The maximum absolute atomic E-state index is 6.34. The van der Waals surface area contributed by atoms with Crippen molar-refractivity contribution in [2.24, 2.45) is 0 Å². The average molecular weight is 439 g/mol. The number of nitrogens with zero attached hydrogens (tertiary/aromatic N) is 3.